The minimum Gasteiger partial charge on any atom is -0.311 e. The lowest BCUT2D eigenvalue weighted by atomic mass is 10.3. The lowest BCUT2D eigenvalue weighted by molar-refractivity contribution is 0.708. The number of aromatic nitrogens is 3. The molecule has 0 aromatic carbocycles. The van der Waals surface area contributed by atoms with E-state index in [9.17, 15) is 0 Å². The van der Waals surface area contributed by atoms with Crippen LogP contribution in [0.25, 0.3) is 5.82 Å². The van der Waals surface area contributed by atoms with Crippen molar-refractivity contribution in [3.05, 3.63) is 42.6 Å². The van der Waals surface area contributed by atoms with Crippen molar-refractivity contribution in [2.24, 2.45) is 0 Å². The van der Waals surface area contributed by atoms with Gasteiger partial charge in [0, 0.05) is 18.9 Å². The first kappa shape index (κ1) is 9.86. The van der Waals surface area contributed by atoms with Crippen LogP contribution in [-0.2, 0) is 6.54 Å². The van der Waals surface area contributed by atoms with Crippen molar-refractivity contribution < 1.29 is 0 Å². The maximum atomic E-state index is 4.51. The summed E-state index contributed by atoms with van der Waals surface area (Å²) in [6.07, 6.45) is 5.39. The van der Waals surface area contributed by atoms with E-state index in [0.717, 1.165) is 24.6 Å². The number of imidazole rings is 1. The van der Waals surface area contributed by atoms with Crippen LogP contribution >= 0.6 is 0 Å². The van der Waals surface area contributed by atoms with Crippen LogP contribution in [0, 0.1) is 0 Å². The van der Waals surface area contributed by atoms with Gasteiger partial charge in [-0.05, 0) is 18.7 Å². The number of hydrogen-bond acceptors (Lipinski definition) is 3. The minimum absolute atomic E-state index is 0.805. The SMILES string of the molecule is CCNCc1cccc(-n2ccnc2)n1. The average molecular weight is 202 g/mol. The minimum atomic E-state index is 0.805. The molecular weight excluding hydrogens is 188 g/mol. The van der Waals surface area contributed by atoms with Gasteiger partial charge in [0.15, 0.2) is 0 Å². The Kier molecular flexibility index (Phi) is 3.09. The van der Waals surface area contributed by atoms with Crippen LogP contribution in [0.4, 0.5) is 0 Å². The third kappa shape index (κ3) is 2.41. The molecule has 0 radical (unpaired) electrons. The molecule has 0 aliphatic heterocycles. The number of hydrogen-bond donors (Lipinski definition) is 1. The molecule has 4 nitrogen and oxygen atoms in total. The fraction of sp³-hybridized carbons (Fsp3) is 0.273. The van der Waals surface area contributed by atoms with Gasteiger partial charge in [-0.1, -0.05) is 13.0 Å². The molecule has 0 saturated carbocycles. The van der Waals surface area contributed by atoms with Crippen molar-refractivity contribution in [2.45, 2.75) is 13.5 Å². The molecule has 0 saturated heterocycles. The monoisotopic (exact) mass is 202 g/mol. The van der Waals surface area contributed by atoms with E-state index in [1.165, 1.54) is 0 Å². The molecule has 0 bridgehead atoms. The van der Waals surface area contributed by atoms with Crippen molar-refractivity contribution in [3.8, 4) is 5.82 Å². The molecule has 4 heteroatoms. The smallest absolute Gasteiger partial charge is 0.138 e. The van der Waals surface area contributed by atoms with Crippen LogP contribution in [0.5, 0.6) is 0 Å². The Morgan fingerprint density at radius 3 is 3.07 bits per heavy atom. The lowest BCUT2D eigenvalue weighted by Crippen LogP contribution is -2.13. The molecule has 2 aromatic rings. The first-order valence-electron chi connectivity index (χ1n) is 5.05. The van der Waals surface area contributed by atoms with Crippen molar-refractivity contribution in [3.63, 3.8) is 0 Å². The Morgan fingerprint density at radius 2 is 2.33 bits per heavy atom. The van der Waals surface area contributed by atoms with E-state index in [0.29, 0.717) is 0 Å². The van der Waals surface area contributed by atoms with Crippen LogP contribution in [-0.4, -0.2) is 21.1 Å². The highest BCUT2D eigenvalue weighted by Crippen LogP contribution is 2.04. The summed E-state index contributed by atoms with van der Waals surface area (Å²) < 4.78 is 1.90. The molecule has 0 unspecified atom stereocenters. The Morgan fingerprint density at radius 1 is 1.40 bits per heavy atom. The molecule has 2 rings (SSSR count). The van der Waals surface area contributed by atoms with Crippen LogP contribution in [0.1, 0.15) is 12.6 Å². The molecule has 0 spiro atoms. The normalized spacial score (nSPS) is 10.5. The van der Waals surface area contributed by atoms with E-state index < -0.39 is 0 Å². The Labute approximate surface area is 89.0 Å². The maximum absolute atomic E-state index is 4.51. The van der Waals surface area contributed by atoms with E-state index >= 15 is 0 Å². The topological polar surface area (TPSA) is 42.7 Å². The molecule has 78 valence electrons. The molecule has 0 fully saturated rings. The van der Waals surface area contributed by atoms with E-state index in [1.807, 2.05) is 29.0 Å². The Balaban J connectivity index is 2.19. The molecule has 0 aliphatic carbocycles. The van der Waals surface area contributed by atoms with E-state index in [1.54, 1.807) is 12.5 Å². The summed E-state index contributed by atoms with van der Waals surface area (Å²) in [6, 6.07) is 6.00. The predicted octanol–water partition coefficient (Wildman–Crippen LogP) is 1.38. The summed E-state index contributed by atoms with van der Waals surface area (Å²) in [5, 5.41) is 3.25. The van der Waals surface area contributed by atoms with Crippen LogP contribution < -0.4 is 5.32 Å². The summed E-state index contributed by atoms with van der Waals surface area (Å²) in [6.45, 7) is 3.84. The average Bonchev–Trinajstić information content (AvgIpc) is 2.80. The molecule has 0 atom stereocenters. The highest BCUT2D eigenvalue weighted by Gasteiger charge is 1.98. The summed E-state index contributed by atoms with van der Waals surface area (Å²) in [7, 11) is 0. The second kappa shape index (κ2) is 4.70. The van der Waals surface area contributed by atoms with E-state index in [4.69, 9.17) is 0 Å². The highest BCUT2D eigenvalue weighted by molar-refractivity contribution is 5.24. The summed E-state index contributed by atoms with van der Waals surface area (Å²) in [5.74, 6) is 0.905. The maximum Gasteiger partial charge on any atom is 0.138 e. The zero-order chi connectivity index (χ0) is 10.5. The van der Waals surface area contributed by atoms with Crippen molar-refractivity contribution in [2.75, 3.05) is 6.54 Å². The van der Waals surface area contributed by atoms with Gasteiger partial charge < -0.3 is 5.32 Å². The van der Waals surface area contributed by atoms with E-state index in [2.05, 4.69) is 22.2 Å². The number of nitrogens with one attached hydrogen (secondary N) is 1. The van der Waals surface area contributed by atoms with Crippen molar-refractivity contribution in [1.29, 1.82) is 0 Å². The molecule has 1 N–H and O–H groups in total. The third-order valence-electron chi connectivity index (χ3n) is 2.12. The van der Waals surface area contributed by atoms with Gasteiger partial charge >= 0.3 is 0 Å². The number of pyridine rings is 1. The second-order valence-corrected chi connectivity index (χ2v) is 3.24. The van der Waals surface area contributed by atoms with Gasteiger partial charge in [-0.2, -0.15) is 0 Å². The second-order valence-electron chi connectivity index (χ2n) is 3.24. The van der Waals surface area contributed by atoms with Gasteiger partial charge in [0.25, 0.3) is 0 Å². The first-order chi connectivity index (χ1) is 7.40. The zero-order valence-electron chi connectivity index (χ0n) is 8.72. The number of rotatable bonds is 4. The van der Waals surface area contributed by atoms with Gasteiger partial charge in [0.1, 0.15) is 12.1 Å². The van der Waals surface area contributed by atoms with Crippen LogP contribution in [0.3, 0.4) is 0 Å². The standard InChI is InChI=1S/C11H14N4/c1-2-12-8-10-4-3-5-11(14-10)15-7-6-13-9-15/h3-7,9,12H,2,8H2,1H3. The highest BCUT2D eigenvalue weighted by atomic mass is 15.1. The fourth-order valence-electron chi connectivity index (χ4n) is 1.36. The van der Waals surface area contributed by atoms with Gasteiger partial charge in [-0.3, -0.25) is 4.57 Å². The largest absolute Gasteiger partial charge is 0.311 e. The zero-order valence-corrected chi connectivity index (χ0v) is 8.72. The van der Waals surface area contributed by atoms with Crippen LogP contribution in [0.2, 0.25) is 0 Å². The summed E-state index contributed by atoms with van der Waals surface area (Å²) in [4.78, 5) is 8.51. The summed E-state index contributed by atoms with van der Waals surface area (Å²) in [5.41, 5.74) is 1.04. The van der Waals surface area contributed by atoms with Gasteiger partial charge in [0.05, 0.1) is 5.69 Å². The Bertz CT molecular complexity index is 408. The van der Waals surface area contributed by atoms with Crippen LogP contribution in [0.15, 0.2) is 36.9 Å². The van der Waals surface area contributed by atoms with Gasteiger partial charge in [-0.15, -0.1) is 0 Å². The molecule has 2 heterocycles. The lowest BCUT2D eigenvalue weighted by Gasteiger charge is -2.04. The molecule has 15 heavy (non-hydrogen) atoms. The number of nitrogens with zero attached hydrogens (tertiary/aromatic N) is 3. The fourth-order valence-corrected chi connectivity index (χ4v) is 1.36. The molecule has 0 aliphatic rings. The van der Waals surface area contributed by atoms with E-state index in [-0.39, 0.29) is 0 Å². The third-order valence-corrected chi connectivity index (χ3v) is 2.12. The predicted molar refractivity (Wildman–Crippen MR) is 58.7 cm³/mol. The van der Waals surface area contributed by atoms with Gasteiger partial charge in [-0.25, -0.2) is 9.97 Å². The van der Waals surface area contributed by atoms with Crippen molar-refractivity contribution in [1.82, 2.24) is 19.9 Å². The quantitative estimate of drug-likeness (QED) is 0.814. The van der Waals surface area contributed by atoms with Gasteiger partial charge in [0.2, 0.25) is 0 Å². The first-order valence-corrected chi connectivity index (χ1v) is 5.05. The van der Waals surface area contributed by atoms with Crippen molar-refractivity contribution >= 4 is 0 Å². The molecule has 0 amide bonds. The molecular formula is C11H14N4. The Hall–Kier alpha value is -1.68. The summed E-state index contributed by atoms with van der Waals surface area (Å²) >= 11 is 0. The molecule has 2 aromatic heterocycles.